The Kier molecular flexibility index (Phi) is 7.22. The maximum atomic E-state index is 13.3. The van der Waals surface area contributed by atoms with Gasteiger partial charge in [0.05, 0.1) is 18.1 Å². The molecule has 6 rings (SSSR count). The molecule has 1 N–H and O–H groups in total. The minimum atomic E-state index is -0.603. The topological polar surface area (TPSA) is 72.8 Å². The fraction of sp³-hybridized carbons (Fsp3) is 0.737. The summed E-state index contributed by atoms with van der Waals surface area (Å²) >= 11 is 0. The van der Waals surface area contributed by atoms with Crippen LogP contribution in [0.15, 0.2) is 35.9 Å². The minimum Gasteiger partial charge on any atom is -0.497 e. The zero-order valence-electron chi connectivity index (χ0n) is 27.8. The van der Waals surface area contributed by atoms with E-state index >= 15 is 0 Å². The third-order valence-electron chi connectivity index (χ3n) is 14.9. The summed E-state index contributed by atoms with van der Waals surface area (Å²) in [5.74, 6) is 1.88. The number of rotatable bonds is 4. The van der Waals surface area contributed by atoms with Crippen molar-refractivity contribution < 1.29 is 24.2 Å². The van der Waals surface area contributed by atoms with Gasteiger partial charge in [-0.15, -0.1) is 0 Å². The average Bonchev–Trinajstić information content (AvgIpc) is 2.96. The highest BCUT2D eigenvalue weighted by Crippen LogP contribution is 2.75. The van der Waals surface area contributed by atoms with Gasteiger partial charge in [-0.2, -0.15) is 0 Å². The van der Waals surface area contributed by atoms with Crippen LogP contribution in [0.3, 0.4) is 0 Å². The largest absolute Gasteiger partial charge is 0.497 e. The molecule has 0 heterocycles. The molecule has 0 aromatic heterocycles. The van der Waals surface area contributed by atoms with Gasteiger partial charge in [-0.1, -0.05) is 66.2 Å². The van der Waals surface area contributed by atoms with Gasteiger partial charge in [-0.25, -0.2) is 4.79 Å². The van der Waals surface area contributed by atoms with E-state index in [0.29, 0.717) is 35.0 Å². The maximum Gasteiger partial charge on any atom is 0.338 e. The van der Waals surface area contributed by atoms with Gasteiger partial charge in [0.2, 0.25) is 0 Å². The van der Waals surface area contributed by atoms with Gasteiger partial charge < -0.3 is 14.6 Å². The number of benzene rings is 1. The van der Waals surface area contributed by atoms with Crippen LogP contribution in [0, 0.1) is 56.7 Å². The van der Waals surface area contributed by atoms with E-state index in [0.717, 1.165) is 57.8 Å². The molecule has 236 valence electrons. The van der Waals surface area contributed by atoms with Crippen LogP contribution < -0.4 is 4.74 Å². The van der Waals surface area contributed by atoms with E-state index in [1.807, 2.05) is 12.1 Å². The third kappa shape index (κ3) is 4.14. The van der Waals surface area contributed by atoms with Crippen LogP contribution in [0.5, 0.6) is 5.75 Å². The van der Waals surface area contributed by atoms with Crippen molar-refractivity contribution in [1.29, 1.82) is 0 Å². The summed E-state index contributed by atoms with van der Waals surface area (Å²) in [6.45, 7) is 17.0. The molecular weight excluding hydrogens is 536 g/mol. The average molecular weight is 591 g/mol. The van der Waals surface area contributed by atoms with Crippen LogP contribution in [0.25, 0.3) is 0 Å². The lowest BCUT2D eigenvalue weighted by atomic mass is 9.33. The highest BCUT2D eigenvalue weighted by molar-refractivity contribution is 5.90. The van der Waals surface area contributed by atoms with Gasteiger partial charge in [0, 0.05) is 5.41 Å². The molecule has 1 aromatic carbocycles. The molecule has 0 aliphatic heterocycles. The number of esters is 1. The smallest absolute Gasteiger partial charge is 0.338 e. The fourth-order valence-corrected chi connectivity index (χ4v) is 12.0. The van der Waals surface area contributed by atoms with E-state index in [-0.39, 0.29) is 39.7 Å². The van der Waals surface area contributed by atoms with E-state index in [2.05, 4.69) is 54.5 Å². The molecule has 5 nitrogen and oxygen atoms in total. The Bertz CT molecular complexity index is 1330. The van der Waals surface area contributed by atoms with E-state index in [1.165, 1.54) is 5.57 Å². The normalized spacial score (nSPS) is 44.9. The molecule has 10 atom stereocenters. The summed E-state index contributed by atoms with van der Waals surface area (Å²) in [5, 5.41) is 10.7. The van der Waals surface area contributed by atoms with Gasteiger partial charge in [0.15, 0.2) is 0 Å². The summed E-state index contributed by atoms with van der Waals surface area (Å²) < 4.78 is 11.6. The summed E-state index contributed by atoms with van der Waals surface area (Å²) in [4.78, 5) is 26.3. The Balaban J connectivity index is 1.31. The first-order valence-corrected chi connectivity index (χ1v) is 16.9. The standard InChI is InChI=1S/C38H54O5/c1-23-14-19-38(33(40)41)21-20-36(6)27(31(38)24(23)2)12-13-29-35(5)17-16-30(34(3,4)28(35)15-18-37(29,36)7)43-32(39)25-10-9-11-26(22-25)42-8/h9-12,22-24,28-31H,13-21H2,1-8H3,(H,40,41)/t23-,24+,28?,29?,30+,31?,35+,36-,37-,38+/m1/s1. The number of hydrogen-bond donors (Lipinski definition) is 1. The zero-order valence-corrected chi connectivity index (χ0v) is 27.8. The monoisotopic (exact) mass is 590 g/mol. The van der Waals surface area contributed by atoms with E-state index in [4.69, 9.17) is 9.47 Å². The van der Waals surface area contributed by atoms with Crippen LogP contribution in [-0.4, -0.2) is 30.3 Å². The summed E-state index contributed by atoms with van der Waals surface area (Å²) in [6, 6.07) is 7.25. The van der Waals surface area contributed by atoms with Gasteiger partial charge in [-0.05, 0) is 122 Å². The first-order valence-electron chi connectivity index (χ1n) is 16.9. The van der Waals surface area contributed by atoms with Crippen molar-refractivity contribution in [3.63, 3.8) is 0 Å². The fourth-order valence-electron chi connectivity index (χ4n) is 12.0. The molecule has 5 heteroatoms. The van der Waals surface area contributed by atoms with Crippen molar-refractivity contribution in [1.82, 2.24) is 0 Å². The van der Waals surface area contributed by atoms with Crippen LogP contribution >= 0.6 is 0 Å². The highest BCUT2D eigenvalue weighted by Gasteiger charge is 2.69. The van der Waals surface area contributed by atoms with Crippen molar-refractivity contribution >= 4 is 11.9 Å². The van der Waals surface area contributed by atoms with Crippen molar-refractivity contribution in [3.05, 3.63) is 41.5 Å². The van der Waals surface area contributed by atoms with Crippen molar-refractivity contribution in [2.24, 2.45) is 56.7 Å². The van der Waals surface area contributed by atoms with E-state index in [1.54, 1.807) is 19.2 Å². The van der Waals surface area contributed by atoms with E-state index < -0.39 is 11.4 Å². The molecule has 0 radical (unpaired) electrons. The van der Waals surface area contributed by atoms with Gasteiger partial charge >= 0.3 is 11.9 Å². The molecular formula is C38H54O5. The van der Waals surface area contributed by atoms with Gasteiger partial charge in [0.25, 0.3) is 0 Å². The molecule has 4 fully saturated rings. The van der Waals surface area contributed by atoms with Crippen LogP contribution in [0.2, 0.25) is 0 Å². The first kappa shape index (κ1) is 30.7. The molecule has 4 saturated carbocycles. The predicted octanol–water partition coefficient (Wildman–Crippen LogP) is 8.96. The lowest BCUT2D eigenvalue weighted by Crippen LogP contribution is -2.65. The lowest BCUT2D eigenvalue weighted by molar-refractivity contribution is -0.206. The van der Waals surface area contributed by atoms with Crippen molar-refractivity contribution in [2.75, 3.05) is 7.11 Å². The number of carbonyl (C=O) groups excluding carboxylic acids is 1. The number of methoxy groups -OCH3 is 1. The Hall–Kier alpha value is -2.30. The maximum absolute atomic E-state index is 13.3. The third-order valence-corrected chi connectivity index (χ3v) is 14.9. The Morgan fingerprint density at radius 3 is 2.35 bits per heavy atom. The minimum absolute atomic E-state index is 0.0126. The number of carbonyl (C=O) groups is 2. The van der Waals surface area contributed by atoms with Gasteiger partial charge in [0.1, 0.15) is 11.9 Å². The molecule has 1 aromatic rings. The number of carboxylic acids is 1. The molecule has 0 saturated heterocycles. The second-order valence-electron chi connectivity index (χ2n) is 16.6. The quantitative estimate of drug-likeness (QED) is 0.280. The number of hydrogen-bond acceptors (Lipinski definition) is 4. The molecule has 0 amide bonds. The molecule has 5 aliphatic carbocycles. The van der Waals surface area contributed by atoms with Gasteiger partial charge in [-0.3, -0.25) is 4.79 Å². The summed E-state index contributed by atoms with van der Waals surface area (Å²) in [5.41, 5.74) is 1.54. The SMILES string of the molecule is COc1cccc(C(=O)O[C@H]2CC[C@@]3(C)C(CC[C@]4(C)C3CC=C3C5[C@@H](C)[C@H](C)CC[C@]5(C(=O)O)CC[C@]34C)C2(C)C)c1. The molecule has 43 heavy (non-hydrogen) atoms. The van der Waals surface area contributed by atoms with Crippen LogP contribution in [0.4, 0.5) is 0 Å². The van der Waals surface area contributed by atoms with Crippen molar-refractivity contribution in [2.45, 2.75) is 112 Å². The molecule has 0 bridgehead atoms. The van der Waals surface area contributed by atoms with Crippen LogP contribution in [0.1, 0.15) is 117 Å². The predicted molar refractivity (Wildman–Crippen MR) is 169 cm³/mol. The Morgan fingerprint density at radius 1 is 0.907 bits per heavy atom. The molecule has 0 spiro atoms. The number of ether oxygens (including phenoxy) is 2. The van der Waals surface area contributed by atoms with E-state index in [9.17, 15) is 14.7 Å². The molecule has 3 unspecified atom stereocenters. The highest BCUT2D eigenvalue weighted by atomic mass is 16.5. The van der Waals surface area contributed by atoms with Crippen molar-refractivity contribution in [3.8, 4) is 5.75 Å². The second-order valence-corrected chi connectivity index (χ2v) is 16.6. The Morgan fingerprint density at radius 2 is 1.65 bits per heavy atom. The second kappa shape index (κ2) is 10.1. The van der Waals surface area contributed by atoms with Crippen LogP contribution in [-0.2, 0) is 9.53 Å². The number of allylic oxidation sites excluding steroid dienone is 2. The number of fused-ring (bicyclic) bond motifs is 7. The Labute approximate surface area is 259 Å². The first-order chi connectivity index (χ1) is 20.2. The zero-order chi connectivity index (χ0) is 31.2. The lowest BCUT2D eigenvalue weighted by Gasteiger charge is -2.71. The number of aliphatic carboxylic acids is 1. The molecule has 5 aliphatic rings. The number of carboxylic acid groups (broad SMARTS) is 1. The summed E-state index contributed by atoms with van der Waals surface area (Å²) in [7, 11) is 1.61. The summed E-state index contributed by atoms with van der Waals surface area (Å²) in [6.07, 6.45) is 11.2.